The van der Waals surface area contributed by atoms with E-state index in [2.05, 4.69) is 39.2 Å². The fourth-order valence-corrected chi connectivity index (χ4v) is 5.18. The number of aromatic nitrogens is 5. The minimum Gasteiger partial charge on any atom is -0.301 e. The fraction of sp³-hybridized carbons (Fsp3) is 0.286. The summed E-state index contributed by atoms with van der Waals surface area (Å²) >= 11 is 9.20. The van der Waals surface area contributed by atoms with E-state index >= 15 is 0 Å². The minimum atomic E-state index is -0.337. The number of nitrogens with zero attached hydrogens (tertiary/aromatic N) is 5. The van der Waals surface area contributed by atoms with E-state index in [1.54, 1.807) is 10.9 Å². The van der Waals surface area contributed by atoms with Crippen molar-refractivity contribution in [2.24, 2.45) is 5.92 Å². The summed E-state index contributed by atoms with van der Waals surface area (Å²) in [5.74, 6) is 0.0497. The van der Waals surface area contributed by atoms with E-state index in [9.17, 15) is 4.79 Å². The topological polar surface area (TPSA) is 85.6 Å². The van der Waals surface area contributed by atoms with E-state index in [-0.39, 0.29) is 17.1 Å². The maximum Gasteiger partial charge on any atom is 0.239 e. The van der Waals surface area contributed by atoms with E-state index in [1.165, 1.54) is 29.4 Å². The number of thiazole rings is 1. The van der Waals surface area contributed by atoms with Gasteiger partial charge in [0.15, 0.2) is 10.8 Å². The van der Waals surface area contributed by atoms with Crippen LogP contribution in [0.5, 0.6) is 0 Å². The highest BCUT2D eigenvalue weighted by atomic mass is 35.5. The molecule has 0 spiro atoms. The first-order valence-electron chi connectivity index (χ1n) is 9.81. The van der Waals surface area contributed by atoms with Crippen molar-refractivity contribution in [3.8, 4) is 5.69 Å². The number of para-hydroxylation sites is 1. The van der Waals surface area contributed by atoms with Gasteiger partial charge >= 0.3 is 0 Å². The second kappa shape index (κ2) is 9.33. The van der Waals surface area contributed by atoms with Crippen molar-refractivity contribution in [1.29, 1.82) is 0 Å². The van der Waals surface area contributed by atoms with Gasteiger partial charge < -0.3 is 5.32 Å². The van der Waals surface area contributed by atoms with Crippen LogP contribution in [0.2, 0.25) is 5.02 Å². The molecule has 2 atom stereocenters. The molecule has 0 bridgehead atoms. The van der Waals surface area contributed by atoms with Crippen LogP contribution in [0.15, 0.2) is 47.2 Å². The molecule has 2 unspecified atom stereocenters. The van der Waals surface area contributed by atoms with Crippen LogP contribution in [0.25, 0.3) is 16.7 Å². The Morgan fingerprint density at radius 1 is 1.32 bits per heavy atom. The van der Waals surface area contributed by atoms with Crippen molar-refractivity contribution in [3.63, 3.8) is 0 Å². The van der Waals surface area contributed by atoms with Gasteiger partial charge in [-0.2, -0.15) is 5.10 Å². The van der Waals surface area contributed by atoms with Crippen LogP contribution in [-0.2, 0) is 4.79 Å². The Morgan fingerprint density at radius 2 is 2.13 bits per heavy atom. The summed E-state index contributed by atoms with van der Waals surface area (Å²) in [4.78, 5) is 26.3. The summed E-state index contributed by atoms with van der Waals surface area (Å²) in [5, 5.41) is 11.7. The molecule has 1 aromatic carbocycles. The Bertz CT molecular complexity index is 1220. The van der Waals surface area contributed by atoms with Crippen molar-refractivity contribution >= 4 is 56.8 Å². The summed E-state index contributed by atoms with van der Waals surface area (Å²) in [6, 6.07) is 7.46. The van der Waals surface area contributed by atoms with Gasteiger partial charge in [-0.3, -0.25) is 4.79 Å². The van der Waals surface area contributed by atoms with Crippen LogP contribution < -0.4 is 5.32 Å². The molecule has 0 aliphatic rings. The van der Waals surface area contributed by atoms with Gasteiger partial charge in [-0.1, -0.05) is 55.8 Å². The highest BCUT2D eigenvalue weighted by molar-refractivity contribution is 8.00. The summed E-state index contributed by atoms with van der Waals surface area (Å²) in [5.41, 5.74) is 2.27. The highest BCUT2D eigenvalue weighted by Gasteiger charge is 2.28. The Kier molecular flexibility index (Phi) is 6.54. The standard InChI is InChI=1S/C21H21ClN6OS2/c1-4-12(2)17(19(29)27-21-26-13(3)10-30-21)31-20-14-9-25-28(18(14)23-11-24-20)16-8-6-5-7-15(16)22/h5-12,17H,4H2,1-3H3,(H,26,27,29). The van der Waals surface area contributed by atoms with Crippen LogP contribution in [-0.4, -0.2) is 35.9 Å². The number of halogens is 1. The number of anilines is 1. The molecule has 7 nitrogen and oxygen atoms in total. The average molecular weight is 473 g/mol. The van der Waals surface area contributed by atoms with Gasteiger partial charge in [-0.25, -0.2) is 19.6 Å². The molecule has 4 aromatic rings. The first kappa shape index (κ1) is 21.7. The number of aryl methyl sites for hydroxylation is 1. The van der Waals surface area contributed by atoms with Crippen LogP contribution in [0.1, 0.15) is 26.0 Å². The molecule has 0 fully saturated rings. The number of rotatable bonds is 7. The first-order valence-corrected chi connectivity index (χ1v) is 11.9. The molecule has 10 heteroatoms. The van der Waals surface area contributed by atoms with E-state index in [0.29, 0.717) is 20.8 Å². The van der Waals surface area contributed by atoms with E-state index in [0.717, 1.165) is 23.2 Å². The van der Waals surface area contributed by atoms with Crippen LogP contribution in [0.3, 0.4) is 0 Å². The van der Waals surface area contributed by atoms with Crippen molar-refractivity contribution in [3.05, 3.63) is 52.9 Å². The summed E-state index contributed by atoms with van der Waals surface area (Å²) in [6.45, 7) is 6.04. The molecule has 3 heterocycles. The van der Waals surface area contributed by atoms with Gasteiger partial charge in [0.25, 0.3) is 0 Å². The van der Waals surface area contributed by atoms with Crippen molar-refractivity contribution in [2.75, 3.05) is 5.32 Å². The molecule has 1 N–H and O–H groups in total. The maximum atomic E-state index is 13.1. The second-order valence-electron chi connectivity index (χ2n) is 7.13. The third kappa shape index (κ3) is 4.58. The van der Waals surface area contributed by atoms with E-state index in [4.69, 9.17) is 11.6 Å². The first-order chi connectivity index (χ1) is 15.0. The minimum absolute atomic E-state index is 0.0843. The molecule has 0 saturated heterocycles. The number of hydrogen-bond donors (Lipinski definition) is 1. The summed E-state index contributed by atoms with van der Waals surface area (Å²) in [7, 11) is 0. The number of thioether (sulfide) groups is 1. The third-order valence-electron chi connectivity index (χ3n) is 4.92. The molecule has 0 aliphatic carbocycles. The predicted molar refractivity (Wildman–Crippen MR) is 126 cm³/mol. The smallest absolute Gasteiger partial charge is 0.239 e. The number of amides is 1. The third-order valence-corrected chi connectivity index (χ3v) is 7.59. The maximum absolute atomic E-state index is 13.1. The fourth-order valence-electron chi connectivity index (χ4n) is 3.07. The largest absolute Gasteiger partial charge is 0.301 e. The van der Waals surface area contributed by atoms with Crippen LogP contribution >= 0.6 is 34.7 Å². The molecule has 31 heavy (non-hydrogen) atoms. The number of carbonyl (C=O) groups is 1. The second-order valence-corrected chi connectivity index (χ2v) is 9.53. The van der Waals surface area contributed by atoms with Crippen molar-refractivity contribution in [2.45, 2.75) is 37.5 Å². The number of nitrogens with one attached hydrogen (secondary N) is 1. The van der Waals surface area contributed by atoms with Gasteiger partial charge in [0, 0.05) is 5.38 Å². The normalized spacial score (nSPS) is 13.3. The molecule has 0 saturated carbocycles. The van der Waals surface area contributed by atoms with Gasteiger partial charge in [0.05, 0.1) is 33.2 Å². The lowest BCUT2D eigenvalue weighted by atomic mass is 10.0. The van der Waals surface area contributed by atoms with Crippen molar-refractivity contribution < 1.29 is 4.79 Å². The highest BCUT2D eigenvalue weighted by Crippen LogP contribution is 2.34. The lowest BCUT2D eigenvalue weighted by molar-refractivity contribution is -0.116. The zero-order valence-corrected chi connectivity index (χ0v) is 19.6. The Labute approximate surface area is 193 Å². The number of carbonyl (C=O) groups excluding carboxylic acids is 1. The van der Waals surface area contributed by atoms with Gasteiger partial charge in [0.2, 0.25) is 5.91 Å². The lowest BCUT2D eigenvalue weighted by Crippen LogP contribution is -2.30. The molecular formula is C21H21ClN6OS2. The number of hydrogen-bond acceptors (Lipinski definition) is 7. The number of benzene rings is 1. The Morgan fingerprint density at radius 3 is 2.84 bits per heavy atom. The number of fused-ring (bicyclic) bond motifs is 1. The van der Waals surface area contributed by atoms with Gasteiger partial charge in [0.1, 0.15) is 11.4 Å². The molecule has 1 amide bonds. The van der Waals surface area contributed by atoms with Crippen LogP contribution in [0, 0.1) is 12.8 Å². The zero-order chi connectivity index (χ0) is 22.0. The zero-order valence-electron chi connectivity index (χ0n) is 17.2. The molecule has 3 aromatic heterocycles. The SMILES string of the molecule is CCC(C)C(Sc1ncnc2c1cnn2-c1ccccc1Cl)C(=O)Nc1nc(C)cs1. The average Bonchev–Trinajstić information content (AvgIpc) is 3.38. The molecular weight excluding hydrogens is 452 g/mol. The summed E-state index contributed by atoms with van der Waals surface area (Å²) < 4.78 is 1.69. The lowest BCUT2D eigenvalue weighted by Gasteiger charge is -2.21. The molecule has 0 aliphatic heterocycles. The molecule has 160 valence electrons. The van der Waals surface area contributed by atoms with Gasteiger partial charge in [-0.15, -0.1) is 11.3 Å². The predicted octanol–water partition coefficient (Wildman–Crippen LogP) is 5.38. The van der Waals surface area contributed by atoms with Crippen LogP contribution in [0.4, 0.5) is 5.13 Å². The van der Waals surface area contributed by atoms with E-state index in [1.807, 2.05) is 36.6 Å². The Balaban J connectivity index is 1.66. The molecule has 0 radical (unpaired) electrons. The monoisotopic (exact) mass is 472 g/mol. The quantitative estimate of drug-likeness (QED) is 0.287. The van der Waals surface area contributed by atoms with Gasteiger partial charge in [-0.05, 0) is 25.0 Å². The molecule has 4 rings (SSSR count). The summed E-state index contributed by atoms with van der Waals surface area (Å²) in [6.07, 6.45) is 4.07. The Hall–Kier alpha value is -2.49. The van der Waals surface area contributed by atoms with Crippen molar-refractivity contribution in [1.82, 2.24) is 24.7 Å². The van der Waals surface area contributed by atoms with E-state index < -0.39 is 0 Å².